The first kappa shape index (κ1) is 16.2. The van der Waals surface area contributed by atoms with Gasteiger partial charge in [-0.05, 0) is 65.7 Å². The fourth-order valence-electron chi connectivity index (χ4n) is 3.96. The third-order valence-electron chi connectivity index (χ3n) is 5.20. The number of aromatic nitrogens is 1. The number of aryl methyl sites for hydroxylation is 1. The van der Waals surface area contributed by atoms with Crippen molar-refractivity contribution >= 4 is 32.8 Å². The summed E-state index contributed by atoms with van der Waals surface area (Å²) in [5.74, 6) is 0.431. The van der Waals surface area contributed by atoms with Gasteiger partial charge in [0.05, 0.1) is 0 Å². The van der Waals surface area contributed by atoms with Crippen LogP contribution < -0.4 is 0 Å². The molecule has 2 nitrogen and oxygen atoms in total. The minimum absolute atomic E-state index is 0.431. The van der Waals surface area contributed by atoms with E-state index >= 15 is 0 Å². The van der Waals surface area contributed by atoms with Gasteiger partial charge in [0.1, 0.15) is 5.01 Å². The predicted molar refractivity (Wildman–Crippen MR) is 112 cm³/mol. The summed E-state index contributed by atoms with van der Waals surface area (Å²) in [7, 11) is 2.22. The van der Waals surface area contributed by atoms with Crippen LogP contribution in [0.1, 0.15) is 27.5 Å². The van der Waals surface area contributed by atoms with Gasteiger partial charge in [0.15, 0.2) is 0 Å². The van der Waals surface area contributed by atoms with E-state index in [0.717, 1.165) is 18.1 Å². The molecular weight excluding hydrogens is 356 g/mol. The average Bonchev–Trinajstić information content (AvgIpc) is 3.28. The standard InChI is InChI=1S/C22H20N2S2/c1-14-11-23-22(26-14)17-3-5-19-18(10-17)12-24(2)13-20(19)15-4-6-21-16(9-15)7-8-25-21/h3-11,20H,12-13H2,1-2H3. The Balaban J connectivity index is 1.59. The van der Waals surface area contributed by atoms with Crippen molar-refractivity contribution in [3.8, 4) is 10.6 Å². The largest absolute Gasteiger partial charge is 0.301 e. The van der Waals surface area contributed by atoms with E-state index in [4.69, 9.17) is 0 Å². The lowest BCUT2D eigenvalue weighted by atomic mass is 9.84. The third-order valence-corrected chi connectivity index (χ3v) is 7.06. The predicted octanol–water partition coefficient (Wildman–Crippen LogP) is 5.91. The second kappa shape index (κ2) is 6.31. The minimum Gasteiger partial charge on any atom is -0.301 e. The van der Waals surface area contributed by atoms with Crippen LogP contribution in [0.25, 0.3) is 20.7 Å². The second-order valence-corrected chi connectivity index (χ2v) is 9.34. The maximum atomic E-state index is 4.57. The third kappa shape index (κ3) is 2.78. The summed E-state index contributed by atoms with van der Waals surface area (Å²) in [6.07, 6.45) is 1.96. The summed E-state index contributed by atoms with van der Waals surface area (Å²) in [4.78, 5) is 8.26. The molecule has 0 N–H and O–H groups in total. The van der Waals surface area contributed by atoms with E-state index in [9.17, 15) is 0 Å². The van der Waals surface area contributed by atoms with Crippen molar-refractivity contribution in [3.05, 3.63) is 75.6 Å². The number of hydrogen-bond donors (Lipinski definition) is 0. The fraction of sp³-hybridized carbons (Fsp3) is 0.227. The number of benzene rings is 2. The molecular formula is C22H20N2S2. The van der Waals surface area contributed by atoms with Crippen LogP contribution in [0.15, 0.2) is 54.0 Å². The van der Waals surface area contributed by atoms with Crippen molar-refractivity contribution in [1.82, 2.24) is 9.88 Å². The van der Waals surface area contributed by atoms with Gasteiger partial charge in [-0.2, -0.15) is 0 Å². The first-order valence-corrected chi connectivity index (χ1v) is 10.6. The zero-order valence-electron chi connectivity index (χ0n) is 14.9. The zero-order valence-corrected chi connectivity index (χ0v) is 16.5. The summed E-state index contributed by atoms with van der Waals surface area (Å²) >= 11 is 3.58. The fourth-order valence-corrected chi connectivity index (χ4v) is 5.49. The Labute approximate surface area is 161 Å². The summed E-state index contributed by atoms with van der Waals surface area (Å²) < 4.78 is 1.37. The number of rotatable bonds is 2. The van der Waals surface area contributed by atoms with Crippen molar-refractivity contribution in [3.63, 3.8) is 0 Å². The minimum atomic E-state index is 0.431. The molecule has 130 valence electrons. The Hall–Kier alpha value is -2.01. The number of nitrogens with zero attached hydrogens (tertiary/aromatic N) is 2. The molecule has 0 amide bonds. The highest BCUT2D eigenvalue weighted by atomic mass is 32.1. The van der Waals surface area contributed by atoms with Gasteiger partial charge in [0.2, 0.25) is 0 Å². The number of hydrogen-bond acceptors (Lipinski definition) is 4. The maximum absolute atomic E-state index is 4.57. The Kier molecular flexibility index (Phi) is 3.92. The number of fused-ring (bicyclic) bond motifs is 2. The lowest BCUT2D eigenvalue weighted by Crippen LogP contribution is -2.31. The molecule has 0 saturated heterocycles. The first-order valence-electron chi connectivity index (χ1n) is 8.89. The normalized spacial score (nSPS) is 17.5. The van der Waals surface area contributed by atoms with E-state index in [-0.39, 0.29) is 0 Å². The van der Waals surface area contributed by atoms with Crippen LogP contribution in [0, 0.1) is 6.92 Å². The number of likely N-dealkylation sites (N-methyl/N-ethyl adjacent to an activating group) is 1. The van der Waals surface area contributed by atoms with Crippen molar-refractivity contribution in [2.24, 2.45) is 0 Å². The second-order valence-electron chi connectivity index (χ2n) is 7.16. The van der Waals surface area contributed by atoms with Crippen molar-refractivity contribution in [2.45, 2.75) is 19.4 Å². The molecule has 0 bridgehead atoms. The van der Waals surface area contributed by atoms with Crippen molar-refractivity contribution in [1.29, 1.82) is 0 Å². The van der Waals surface area contributed by atoms with Gasteiger partial charge >= 0.3 is 0 Å². The molecule has 4 heteroatoms. The van der Waals surface area contributed by atoms with Gasteiger partial charge in [0, 0.05) is 40.3 Å². The van der Waals surface area contributed by atoms with E-state index < -0.39 is 0 Å². The molecule has 0 spiro atoms. The van der Waals surface area contributed by atoms with Gasteiger partial charge in [-0.1, -0.05) is 18.2 Å². The lowest BCUT2D eigenvalue weighted by Gasteiger charge is -2.33. The SMILES string of the molecule is Cc1cnc(-c2ccc3c(c2)CN(C)CC3c2ccc3sccc3c2)s1. The van der Waals surface area contributed by atoms with Crippen LogP contribution in [0.3, 0.4) is 0 Å². The van der Waals surface area contributed by atoms with E-state index in [1.54, 1.807) is 11.3 Å². The summed E-state index contributed by atoms with van der Waals surface area (Å²) in [5.41, 5.74) is 5.56. The lowest BCUT2D eigenvalue weighted by molar-refractivity contribution is 0.295. The number of thiophene rings is 1. The van der Waals surface area contributed by atoms with Gasteiger partial charge in [-0.15, -0.1) is 22.7 Å². The van der Waals surface area contributed by atoms with Gasteiger partial charge in [0.25, 0.3) is 0 Å². The zero-order chi connectivity index (χ0) is 17.7. The van der Waals surface area contributed by atoms with Crippen LogP contribution in [0.2, 0.25) is 0 Å². The molecule has 1 atom stereocenters. The molecule has 0 aliphatic carbocycles. The molecule has 1 unspecified atom stereocenters. The van der Waals surface area contributed by atoms with Gasteiger partial charge in [-0.3, -0.25) is 0 Å². The van der Waals surface area contributed by atoms with Gasteiger partial charge < -0.3 is 4.90 Å². The Morgan fingerprint density at radius 1 is 1.12 bits per heavy atom. The van der Waals surface area contributed by atoms with Crippen LogP contribution in [0.5, 0.6) is 0 Å². The molecule has 0 radical (unpaired) electrons. The highest BCUT2D eigenvalue weighted by Crippen LogP contribution is 2.37. The molecule has 2 aromatic carbocycles. The van der Waals surface area contributed by atoms with Crippen LogP contribution in [-0.2, 0) is 6.54 Å². The molecule has 1 aliphatic heterocycles. The van der Waals surface area contributed by atoms with Gasteiger partial charge in [-0.25, -0.2) is 4.98 Å². The van der Waals surface area contributed by atoms with Crippen LogP contribution in [0.4, 0.5) is 0 Å². The molecule has 0 fully saturated rings. The number of thiazole rings is 1. The quantitative estimate of drug-likeness (QED) is 0.432. The topological polar surface area (TPSA) is 16.1 Å². The average molecular weight is 377 g/mol. The molecule has 26 heavy (non-hydrogen) atoms. The molecule has 0 saturated carbocycles. The van der Waals surface area contributed by atoms with E-state index in [1.807, 2.05) is 17.5 Å². The smallest absolute Gasteiger partial charge is 0.123 e. The highest BCUT2D eigenvalue weighted by molar-refractivity contribution is 7.17. The molecule has 4 aromatic rings. The highest BCUT2D eigenvalue weighted by Gasteiger charge is 2.25. The summed E-state index contributed by atoms with van der Waals surface area (Å²) in [5, 5.41) is 4.66. The Bertz CT molecular complexity index is 1090. The Morgan fingerprint density at radius 3 is 2.88 bits per heavy atom. The Morgan fingerprint density at radius 2 is 2.04 bits per heavy atom. The molecule has 1 aliphatic rings. The maximum Gasteiger partial charge on any atom is 0.123 e. The molecule has 2 aromatic heterocycles. The van der Waals surface area contributed by atoms with E-state index in [0.29, 0.717) is 5.92 Å². The molecule has 5 rings (SSSR count). The summed E-state index contributed by atoms with van der Waals surface area (Å²) in [6, 6.07) is 16.1. The van der Waals surface area contributed by atoms with Crippen LogP contribution >= 0.6 is 22.7 Å². The van der Waals surface area contributed by atoms with Crippen molar-refractivity contribution < 1.29 is 0 Å². The monoisotopic (exact) mass is 376 g/mol. The molecule has 3 heterocycles. The van der Waals surface area contributed by atoms with E-state index in [1.165, 1.54) is 37.2 Å². The first-order chi connectivity index (χ1) is 12.7. The van der Waals surface area contributed by atoms with E-state index in [2.05, 4.69) is 71.7 Å². The summed E-state index contributed by atoms with van der Waals surface area (Å²) in [6.45, 7) is 4.19. The van der Waals surface area contributed by atoms with Crippen LogP contribution in [-0.4, -0.2) is 23.5 Å². The van der Waals surface area contributed by atoms with Crippen molar-refractivity contribution in [2.75, 3.05) is 13.6 Å².